The van der Waals surface area contributed by atoms with Crippen LogP contribution in [0.25, 0.3) is 0 Å². The lowest BCUT2D eigenvalue weighted by Gasteiger charge is -2.05. The molecule has 0 aliphatic heterocycles. The molecule has 2 aromatic rings. The highest BCUT2D eigenvalue weighted by molar-refractivity contribution is 5.92. The summed E-state index contributed by atoms with van der Waals surface area (Å²) in [5.74, 6) is 1.25. The van der Waals surface area contributed by atoms with Crippen LogP contribution in [0.4, 0.5) is 5.82 Å². The van der Waals surface area contributed by atoms with E-state index in [0.717, 1.165) is 18.8 Å². The van der Waals surface area contributed by atoms with Gasteiger partial charge >= 0.3 is 0 Å². The van der Waals surface area contributed by atoms with Crippen molar-refractivity contribution in [3.8, 4) is 0 Å². The quantitative estimate of drug-likeness (QED) is 0.771. The predicted molar refractivity (Wildman–Crippen MR) is 70.9 cm³/mol. The fraction of sp³-hybridized carbons (Fsp3) is 0.308. The molecule has 0 unspecified atom stereocenters. The zero-order valence-electron chi connectivity index (χ0n) is 10.7. The van der Waals surface area contributed by atoms with E-state index in [4.69, 9.17) is 4.52 Å². The number of nitrogens with one attached hydrogen (secondary N) is 2. The molecule has 0 aliphatic carbocycles. The zero-order chi connectivity index (χ0) is 13.5. The molecule has 2 N–H and O–H groups in total. The molecule has 0 saturated heterocycles. The number of anilines is 1. The first-order chi connectivity index (χ1) is 9.25. The largest absolute Gasteiger partial charge is 0.370 e. The van der Waals surface area contributed by atoms with Crippen molar-refractivity contribution < 1.29 is 9.32 Å². The third-order valence-corrected chi connectivity index (χ3v) is 2.47. The van der Waals surface area contributed by atoms with E-state index in [1.54, 1.807) is 19.2 Å². The Hall–Kier alpha value is -2.37. The molecule has 0 fully saturated rings. The van der Waals surface area contributed by atoms with Crippen molar-refractivity contribution in [1.29, 1.82) is 0 Å². The molecule has 0 atom stereocenters. The molecule has 0 spiro atoms. The van der Waals surface area contributed by atoms with Gasteiger partial charge in [0.2, 0.25) is 0 Å². The van der Waals surface area contributed by atoms with Crippen LogP contribution in [0.2, 0.25) is 0 Å². The molecular weight excluding hydrogens is 244 g/mol. The summed E-state index contributed by atoms with van der Waals surface area (Å²) in [6.07, 6.45) is 2.54. The molecule has 6 heteroatoms. The number of nitrogens with zero attached hydrogens (tertiary/aromatic N) is 2. The number of aromatic nitrogens is 2. The van der Waals surface area contributed by atoms with Crippen LogP contribution >= 0.6 is 0 Å². The van der Waals surface area contributed by atoms with Gasteiger partial charge in [-0.2, -0.15) is 0 Å². The Bertz CT molecular complexity index is 524. The Labute approximate surface area is 111 Å². The van der Waals surface area contributed by atoms with Gasteiger partial charge in [0, 0.05) is 25.4 Å². The first-order valence-electron chi connectivity index (χ1n) is 6.12. The van der Waals surface area contributed by atoms with E-state index < -0.39 is 0 Å². The summed E-state index contributed by atoms with van der Waals surface area (Å²) in [5, 5.41) is 9.59. The van der Waals surface area contributed by atoms with Crippen molar-refractivity contribution in [3.05, 3.63) is 41.9 Å². The molecule has 19 heavy (non-hydrogen) atoms. The molecule has 2 rings (SSSR count). The molecule has 0 saturated carbocycles. The van der Waals surface area contributed by atoms with Crippen molar-refractivity contribution in [2.24, 2.45) is 0 Å². The number of amides is 1. The van der Waals surface area contributed by atoms with E-state index in [1.165, 1.54) is 0 Å². The normalized spacial score (nSPS) is 10.2. The Morgan fingerprint density at radius 2 is 2.26 bits per heavy atom. The van der Waals surface area contributed by atoms with E-state index in [-0.39, 0.29) is 5.91 Å². The average Bonchev–Trinajstić information content (AvgIpc) is 2.86. The summed E-state index contributed by atoms with van der Waals surface area (Å²) < 4.78 is 4.84. The van der Waals surface area contributed by atoms with Gasteiger partial charge in [-0.25, -0.2) is 4.98 Å². The van der Waals surface area contributed by atoms with Gasteiger partial charge in [-0.3, -0.25) is 4.79 Å². The first kappa shape index (κ1) is 13.1. The van der Waals surface area contributed by atoms with Gasteiger partial charge in [0.05, 0.1) is 0 Å². The molecule has 2 heterocycles. The molecule has 1 amide bonds. The van der Waals surface area contributed by atoms with Crippen LogP contribution in [0, 0.1) is 6.92 Å². The highest BCUT2D eigenvalue weighted by Crippen LogP contribution is 2.01. The van der Waals surface area contributed by atoms with Crippen LogP contribution in [0.3, 0.4) is 0 Å². The summed E-state index contributed by atoms with van der Waals surface area (Å²) >= 11 is 0. The third kappa shape index (κ3) is 4.09. The predicted octanol–water partition coefficient (Wildman–Crippen LogP) is 1.61. The molecule has 0 radical (unpaired) electrons. The Balaban J connectivity index is 1.63. The monoisotopic (exact) mass is 260 g/mol. The maximum atomic E-state index is 11.6. The average molecular weight is 260 g/mol. The fourth-order valence-electron chi connectivity index (χ4n) is 1.54. The van der Waals surface area contributed by atoms with E-state index in [2.05, 4.69) is 20.8 Å². The highest BCUT2D eigenvalue weighted by Gasteiger charge is 2.09. The second-order valence-electron chi connectivity index (χ2n) is 4.07. The van der Waals surface area contributed by atoms with Gasteiger partial charge in [-0.1, -0.05) is 11.2 Å². The molecule has 0 bridgehead atoms. The van der Waals surface area contributed by atoms with Gasteiger partial charge in [0.15, 0.2) is 5.69 Å². The van der Waals surface area contributed by atoms with Crippen molar-refractivity contribution >= 4 is 11.7 Å². The van der Waals surface area contributed by atoms with Crippen LogP contribution in [0.1, 0.15) is 22.7 Å². The van der Waals surface area contributed by atoms with E-state index >= 15 is 0 Å². The minimum Gasteiger partial charge on any atom is -0.370 e. The second kappa shape index (κ2) is 6.53. The lowest BCUT2D eigenvalue weighted by atomic mass is 10.3. The smallest absolute Gasteiger partial charge is 0.273 e. The number of carbonyl (C=O) groups excluding carboxylic acids is 1. The molecule has 0 aliphatic rings. The molecule has 0 aromatic carbocycles. The third-order valence-electron chi connectivity index (χ3n) is 2.47. The van der Waals surface area contributed by atoms with Crippen molar-refractivity contribution in [2.45, 2.75) is 13.3 Å². The van der Waals surface area contributed by atoms with Crippen LogP contribution < -0.4 is 10.6 Å². The summed E-state index contributed by atoms with van der Waals surface area (Å²) in [5.41, 5.74) is 0.315. The van der Waals surface area contributed by atoms with Crippen LogP contribution in [0.5, 0.6) is 0 Å². The number of carbonyl (C=O) groups is 1. The van der Waals surface area contributed by atoms with Crippen LogP contribution in [-0.4, -0.2) is 29.1 Å². The molecule has 2 aromatic heterocycles. The number of hydrogen-bond donors (Lipinski definition) is 2. The van der Waals surface area contributed by atoms with E-state index in [9.17, 15) is 4.79 Å². The Morgan fingerprint density at radius 1 is 1.37 bits per heavy atom. The standard InChI is InChI=1S/C13H16N4O2/c1-10-9-11(17-19-10)13(18)16-8-4-7-15-12-5-2-3-6-14-12/h2-3,5-6,9H,4,7-8H2,1H3,(H,14,15)(H,16,18). The summed E-state index contributed by atoms with van der Waals surface area (Å²) in [6, 6.07) is 7.30. The Kier molecular flexibility index (Phi) is 4.49. The summed E-state index contributed by atoms with van der Waals surface area (Å²) in [6.45, 7) is 3.07. The molecular formula is C13H16N4O2. The summed E-state index contributed by atoms with van der Waals surface area (Å²) in [7, 11) is 0. The van der Waals surface area contributed by atoms with Crippen LogP contribution in [0.15, 0.2) is 35.0 Å². The first-order valence-corrected chi connectivity index (χ1v) is 6.12. The van der Waals surface area contributed by atoms with Gasteiger partial charge in [0.1, 0.15) is 11.6 Å². The maximum Gasteiger partial charge on any atom is 0.273 e. The molecule has 100 valence electrons. The van der Waals surface area contributed by atoms with Crippen molar-refractivity contribution in [2.75, 3.05) is 18.4 Å². The van der Waals surface area contributed by atoms with Gasteiger partial charge in [-0.05, 0) is 25.5 Å². The fourth-order valence-corrected chi connectivity index (χ4v) is 1.54. The van der Waals surface area contributed by atoms with Crippen LogP contribution in [-0.2, 0) is 0 Å². The minimum absolute atomic E-state index is 0.213. The lowest BCUT2D eigenvalue weighted by molar-refractivity contribution is 0.0944. The van der Waals surface area contributed by atoms with Gasteiger partial charge in [-0.15, -0.1) is 0 Å². The van der Waals surface area contributed by atoms with Crippen molar-refractivity contribution in [1.82, 2.24) is 15.5 Å². The van der Waals surface area contributed by atoms with Crippen molar-refractivity contribution in [3.63, 3.8) is 0 Å². The number of hydrogen-bond acceptors (Lipinski definition) is 5. The SMILES string of the molecule is Cc1cc(C(=O)NCCCNc2ccccn2)no1. The topological polar surface area (TPSA) is 80.0 Å². The van der Waals surface area contributed by atoms with E-state index in [1.807, 2.05) is 18.2 Å². The number of rotatable bonds is 6. The lowest BCUT2D eigenvalue weighted by Crippen LogP contribution is -2.26. The summed E-state index contributed by atoms with van der Waals surface area (Å²) in [4.78, 5) is 15.8. The maximum absolute atomic E-state index is 11.6. The number of pyridine rings is 1. The highest BCUT2D eigenvalue weighted by atomic mass is 16.5. The van der Waals surface area contributed by atoms with Gasteiger partial charge in [0.25, 0.3) is 5.91 Å². The minimum atomic E-state index is -0.213. The second-order valence-corrected chi connectivity index (χ2v) is 4.07. The van der Waals surface area contributed by atoms with Gasteiger partial charge < -0.3 is 15.2 Å². The zero-order valence-corrected chi connectivity index (χ0v) is 10.7. The Morgan fingerprint density at radius 3 is 2.95 bits per heavy atom. The molecule has 6 nitrogen and oxygen atoms in total. The number of aryl methyl sites for hydroxylation is 1. The van der Waals surface area contributed by atoms with E-state index in [0.29, 0.717) is 18.0 Å².